The van der Waals surface area contributed by atoms with Crippen LogP contribution in [0.15, 0.2) is 0 Å². The topological polar surface area (TPSA) is 28.2 Å². The summed E-state index contributed by atoms with van der Waals surface area (Å²) in [7, 11) is 0. The maximum Gasteiger partial charge on any atom is 4.00 e. The molecule has 2 fully saturated rings. The van der Waals surface area contributed by atoms with Crippen LogP contribution in [0, 0.1) is 0 Å². The van der Waals surface area contributed by atoms with Gasteiger partial charge in [-0.15, -0.1) is 49.4 Å². The molecule has 0 aliphatic carbocycles. The van der Waals surface area contributed by atoms with E-state index in [1.54, 1.807) is 0 Å². The summed E-state index contributed by atoms with van der Waals surface area (Å²) in [4.78, 5) is 0. The van der Waals surface area contributed by atoms with Crippen molar-refractivity contribution in [3.05, 3.63) is 10.6 Å². The summed E-state index contributed by atoms with van der Waals surface area (Å²) in [6.07, 6.45) is 4.69. The zero-order valence-corrected chi connectivity index (χ0v) is 14.8. The fraction of sp³-hybridized carbons (Fsp3) is 1.00. The molecule has 17 heavy (non-hydrogen) atoms. The Hall–Kier alpha value is 1.77. The predicted molar refractivity (Wildman–Crippen MR) is 63.9 cm³/mol. The maximum atomic E-state index is 5.72. The Morgan fingerprint density at radius 1 is 0.765 bits per heavy atom. The van der Waals surface area contributed by atoms with Crippen molar-refractivity contribution in [2.75, 3.05) is 26.2 Å². The van der Waals surface area contributed by atoms with Crippen LogP contribution in [0.2, 0.25) is 0 Å². The molecule has 2 rings (SSSR count). The first kappa shape index (κ1) is 23.8. The van der Waals surface area contributed by atoms with Gasteiger partial charge in [-0.1, -0.05) is 12.8 Å². The fourth-order valence-corrected chi connectivity index (χ4v) is 2.00. The molecule has 2 unspecified atom stereocenters. The van der Waals surface area contributed by atoms with Crippen molar-refractivity contribution < 1.29 is 45.9 Å². The van der Waals surface area contributed by atoms with Crippen LogP contribution in [-0.2, 0) is 21.1 Å². The van der Waals surface area contributed by atoms with E-state index in [1.807, 2.05) is 0 Å². The Morgan fingerprint density at radius 2 is 1.12 bits per heavy atom. The van der Waals surface area contributed by atoms with Crippen molar-refractivity contribution in [1.82, 2.24) is 0 Å². The van der Waals surface area contributed by atoms with Gasteiger partial charge >= 0.3 is 21.1 Å². The van der Waals surface area contributed by atoms with Crippen LogP contribution in [0.25, 0.3) is 10.6 Å². The van der Waals surface area contributed by atoms with Crippen LogP contribution in [-0.4, -0.2) is 36.9 Å². The molecule has 2 nitrogen and oxygen atoms in total. The normalized spacial score (nSPS) is 27.2. The number of piperidine rings is 2. The number of rotatable bonds is 0. The molecule has 0 radical (unpaired) electrons. The third-order valence-corrected chi connectivity index (χ3v) is 3.03. The van der Waals surface area contributed by atoms with Gasteiger partial charge in [0, 0.05) is 10.8 Å². The number of hydrogen-bond donors (Lipinski definition) is 0. The monoisotopic (exact) mass is 501 g/mol. The van der Waals surface area contributed by atoms with Gasteiger partial charge in [0.15, 0.2) is 0 Å². The molecule has 0 aromatic rings. The van der Waals surface area contributed by atoms with E-state index in [9.17, 15) is 0 Å². The van der Waals surface area contributed by atoms with Gasteiger partial charge in [-0.2, -0.15) is 0 Å². The van der Waals surface area contributed by atoms with Crippen molar-refractivity contribution in [2.45, 2.75) is 36.4 Å². The minimum atomic E-state index is 0. The van der Waals surface area contributed by atoms with E-state index >= 15 is 0 Å². The average molecular weight is 503 g/mol. The second kappa shape index (κ2) is 15.8. The maximum absolute atomic E-state index is 5.72. The SMILES string of the molecule is ClC1CCC[N-]C1.ClC1CCC[N-]C1.[Cl-].[Cl-].[Pt+4]. The van der Waals surface area contributed by atoms with Crippen molar-refractivity contribution in [1.29, 1.82) is 0 Å². The largest absolute Gasteiger partial charge is 4.00 e. The first-order valence-corrected chi connectivity index (χ1v) is 6.21. The molecule has 0 bridgehead atoms. The molecule has 2 atom stereocenters. The zero-order chi connectivity index (χ0) is 10.2. The standard InChI is InChI=1S/2C5H9ClN.2ClH.Pt/c2*6-5-2-1-3-7-4-5;;;/h2*5H,1-4H2;2*1H;/q2*-1;;;+4/p-2. The van der Waals surface area contributed by atoms with Gasteiger partial charge in [0.1, 0.15) is 0 Å². The van der Waals surface area contributed by atoms with Crippen LogP contribution in [0.4, 0.5) is 0 Å². The Kier molecular flexibility index (Phi) is 22.2. The van der Waals surface area contributed by atoms with Crippen molar-refractivity contribution in [3.8, 4) is 0 Å². The second-order valence-electron chi connectivity index (χ2n) is 3.74. The Balaban J connectivity index is -0.000000196. The van der Waals surface area contributed by atoms with Crippen LogP contribution in [0.5, 0.6) is 0 Å². The van der Waals surface area contributed by atoms with E-state index in [2.05, 4.69) is 10.6 Å². The number of halogens is 4. The Morgan fingerprint density at radius 3 is 1.24 bits per heavy atom. The minimum absolute atomic E-state index is 0. The van der Waals surface area contributed by atoms with E-state index in [-0.39, 0.29) is 45.9 Å². The summed E-state index contributed by atoms with van der Waals surface area (Å²) in [5.41, 5.74) is 0. The zero-order valence-electron chi connectivity index (χ0n) is 9.53. The molecule has 7 heteroatoms. The van der Waals surface area contributed by atoms with Crippen molar-refractivity contribution >= 4 is 23.2 Å². The van der Waals surface area contributed by atoms with Crippen LogP contribution < -0.4 is 24.8 Å². The summed E-state index contributed by atoms with van der Waals surface area (Å²) in [6, 6.07) is 0. The molecule has 2 saturated heterocycles. The molecular weight excluding hydrogens is 485 g/mol. The Labute approximate surface area is 141 Å². The second-order valence-corrected chi connectivity index (χ2v) is 4.97. The van der Waals surface area contributed by atoms with Crippen LogP contribution in [0.3, 0.4) is 0 Å². The van der Waals surface area contributed by atoms with Gasteiger partial charge in [0.25, 0.3) is 0 Å². The fourth-order valence-electron chi connectivity index (χ4n) is 1.49. The van der Waals surface area contributed by atoms with Crippen molar-refractivity contribution in [3.63, 3.8) is 0 Å². The van der Waals surface area contributed by atoms with Crippen LogP contribution in [0.1, 0.15) is 25.7 Å². The minimum Gasteiger partial charge on any atom is -1.00 e. The summed E-state index contributed by atoms with van der Waals surface area (Å²) in [5, 5.41) is 8.94. The Bertz CT molecular complexity index is 126. The van der Waals surface area contributed by atoms with Crippen molar-refractivity contribution in [2.24, 2.45) is 0 Å². The van der Waals surface area contributed by atoms with E-state index < -0.39 is 0 Å². The van der Waals surface area contributed by atoms with Gasteiger partial charge in [0.2, 0.25) is 0 Å². The summed E-state index contributed by atoms with van der Waals surface area (Å²) in [5.74, 6) is 0. The summed E-state index contributed by atoms with van der Waals surface area (Å²) >= 11 is 11.4. The number of hydrogen-bond acceptors (Lipinski definition) is 0. The first-order valence-electron chi connectivity index (χ1n) is 5.33. The quantitative estimate of drug-likeness (QED) is 0.328. The van der Waals surface area contributed by atoms with E-state index in [0.29, 0.717) is 10.8 Å². The molecule has 0 aromatic carbocycles. The molecule has 2 aliphatic heterocycles. The van der Waals surface area contributed by atoms with Crippen LogP contribution >= 0.6 is 23.2 Å². The molecule has 0 amide bonds. The molecule has 0 N–H and O–H groups in total. The molecule has 0 aromatic heterocycles. The number of alkyl halides is 2. The molecular formula is C10H18Cl4N2Pt. The third-order valence-electron chi connectivity index (χ3n) is 2.32. The van der Waals surface area contributed by atoms with Gasteiger partial charge in [-0.25, -0.2) is 0 Å². The first-order chi connectivity index (χ1) is 6.79. The van der Waals surface area contributed by atoms with Gasteiger partial charge < -0.3 is 35.4 Å². The van der Waals surface area contributed by atoms with Gasteiger partial charge in [-0.3, -0.25) is 0 Å². The van der Waals surface area contributed by atoms with E-state index in [1.165, 1.54) is 12.8 Å². The third kappa shape index (κ3) is 14.0. The molecule has 2 aliphatic rings. The summed E-state index contributed by atoms with van der Waals surface area (Å²) in [6.45, 7) is 3.82. The van der Waals surface area contributed by atoms with Gasteiger partial charge in [0.05, 0.1) is 0 Å². The van der Waals surface area contributed by atoms with E-state index in [4.69, 9.17) is 23.2 Å². The predicted octanol–water partition coefficient (Wildman–Crippen LogP) is -2.47. The van der Waals surface area contributed by atoms with E-state index in [0.717, 1.165) is 39.0 Å². The molecule has 0 saturated carbocycles. The smallest absolute Gasteiger partial charge is 1.00 e. The average Bonchev–Trinajstić information content (AvgIpc) is 2.21. The number of nitrogens with zero attached hydrogens (tertiary/aromatic N) is 2. The molecule has 2 heterocycles. The molecule has 0 spiro atoms. The summed E-state index contributed by atoms with van der Waals surface area (Å²) < 4.78 is 0. The van der Waals surface area contributed by atoms with Gasteiger partial charge in [-0.05, 0) is 12.8 Å². The molecule has 106 valence electrons.